The number of halogens is 2. The van der Waals surface area contributed by atoms with Crippen molar-refractivity contribution in [1.29, 1.82) is 0 Å². The van der Waals surface area contributed by atoms with Crippen LogP contribution in [0.1, 0.15) is 44.7 Å². The van der Waals surface area contributed by atoms with Gasteiger partial charge in [0, 0.05) is 22.6 Å². The van der Waals surface area contributed by atoms with E-state index in [9.17, 15) is 18.0 Å². The van der Waals surface area contributed by atoms with Gasteiger partial charge in [-0.2, -0.15) is 0 Å². The first kappa shape index (κ1) is 28.9. The average molecular weight is 543 g/mol. The molecule has 0 aliphatic rings. The first-order valence-corrected chi connectivity index (χ1v) is 14.0. The van der Waals surface area contributed by atoms with E-state index >= 15 is 0 Å². The van der Waals surface area contributed by atoms with Crippen molar-refractivity contribution in [3.8, 4) is 0 Å². The Morgan fingerprint density at radius 3 is 2.17 bits per heavy atom. The third kappa shape index (κ3) is 8.40. The predicted octanol–water partition coefficient (Wildman–Crippen LogP) is 4.79. The molecule has 192 valence electrons. The lowest BCUT2D eigenvalue weighted by molar-refractivity contribution is -0.140. The number of nitrogens with one attached hydrogen (secondary N) is 1. The Bertz CT molecular complexity index is 1140. The second-order valence-electron chi connectivity index (χ2n) is 8.65. The van der Waals surface area contributed by atoms with Crippen LogP contribution < -0.4 is 9.62 Å². The van der Waals surface area contributed by atoms with Gasteiger partial charge in [-0.15, -0.1) is 0 Å². The molecule has 7 nitrogen and oxygen atoms in total. The Hall–Kier alpha value is -2.29. The van der Waals surface area contributed by atoms with Crippen molar-refractivity contribution in [2.45, 2.75) is 59.2 Å². The molecule has 0 aliphatic heterocycles. The number of nitrogens with zero attached hydrogens (tertiary/aromatic N) is 2. The van der Waals surface area contributed by atoms with Crippen LogP contribution in [-0.2, 0) is 26.2 Å². The lowest BCUT2D eigenvalue weighted by Gasteiger charge is -2.33. The zero-order chi connectivity index (χ0) is 26.3. The van der Waals surface area contributed by atoms with E-state index in [-0.39, 0.29) is 34.2 Å². The number of amides is 2. The summed E-state index contributed by atoms with van der Waals surface area (Å²) in [6, 6.07) is 11.1. The molecule has 2 aromatic carbocycles. The van der Waals surface area contributed by atoms with Gasteiger partial charge in [0.25, 0.3) is 0 Å². The van der Waals surface area contributed by atoms with Crippen LogP contribution in [0, 0.1) is 6.92 Å². The number of carbonyl (C=O) groups is 2. The maximum Gasteiger partial charge on any atom is 0.244 e. The molecule has 0 aromatic heterocycles. The number of sulfonamides is 1. The largest absolute Gasteiger partial charge is 0.352 e. The molecule has 0 fully saturated rings. The molecule has 1 N–H and O–H groups in total. The molecule has 0 radical (unpaired) electrons. The molecule has 0 saturated heterocycles. The van der Waals surface area contributed by atoms with Gasteiger partial charge in [-0.3, -0.25) is 13.9 Å². The molecule has 2 amide bonds. The molecule has 0 saturated carbocycles. The van der Waals surface area contributed by atoms with Crippen LogP contribution in [0.15, 0.2) is 42.5 Å². The highest BCUT2D eigenvalue weighted by molar-refractivity contribution is 7.92. The molecule has 0 aliphatic carbocycles. The lowest BCUT2D eigenvalue weighted by atomic mass is 10.1. The summed E-state index contributed by atoms with van der Waals surface area (Å²) in [5.74, 6) is -0.793. The summed E-state index contributed by atoms with van der Waals surface area (Å²) < 4.78 is 26.3. The highest BCUT2D eigenvalue weighted by Crippen LogP contribution is 2.27. The van der Waals surface area contributed by atoms with Gasteiger partial charge < -0.3 is 10.2 Å². The van der Waals surface area contributed by atoms with Gasteiger partial charge in [-0.1, -0.05) is 66.9 Å². The molecule has 2 rings (SSSR count). The topological polar surface area (TPSA) is 86.8 Å². The Labute approximate surface area is 218 Å². The van der Waals surface area contributed by atoms with E-state index in [1.165, 1.54) is 23.1 Å². The van der Waals surface area contributed by atoms with E-state index in [2.05, 4.69) is 5.32 Å². The second-order valence-corrected chi connectivity index (χ2v) is 11.4. The maximum atomic E-state index is 13.7. The normalized spacial score (nSPS) is 13.1. The van der Waals surface area contributed by atoms with Crippen LogP contribution in [0.5, 0.6) is 0 Å². The Morgan fingerprint density at radius 2 is 1.66 bits per heavy atom. The maximum absolute atomic E-state index is 13.7. The van der Waals surface area contributed by atoms with Crippen LogP contribution in [-0.4, -0.2) is 50.0 Å². The Balaban J connectivity index is 2.47. The predicted molar refractivity (Wildman–Crippen MR) is 142 cm³/mol. The molecule has 2 atom stereocenters. The number of benzene rings is 2. The van der Waals surface area contributed by atoms with Gasteiger partial charge in [0.2, 0.25) is 21.8 Å². The number of hydrogen-bond donors (Lipinski definition) is 1. The van der Waals surface area contributed by atoms with Crippen molar-refractivity contribution >= 4 is 50.7 Å². The third-order valence-corrected chi connectivity index (χ3v) is 7.21. The van der Waals surface area contributed by atoms with Crippen LogP contribution in [0.25, 0.3) is 0 Å². The van der Waals surface area contributed by atoms with Crippen molar-refractivity contribution in [3.63, 3.8) is 0 Å². The lowest BCUT2D eigenvalue weighted by Crippen LogP contribution is -2.53. The standard InChI is InChI=1S/C25H33Cl2N3O4S/c1-6-18(4)28-25(32)23(7-2)29(15-19-10-8-9-17(3)11-19)24(31)16-30(35(5,33)34)22-13-20(26)12-21(27)14-22/h8-14,18,23H,6-7,15-16H2,1-5H3,(H,28,32)/t18-,23+/m0/s1. The van der Waals surface area contributed by atoms with E-state index in [1.807, 2.05) is 52.0 Å². The van der Waals surface area contributed by atoms with Crippen LogP contribution in [0.4, 0.5) is 5.69 Å². The van der Waals surface area contributed by atoms with Gasteiger partial charge in [-0.25, -0.2) is 8.42 Å². The summed E-state index contributed by atoms with van der Waals surface area (Å²) >= 11 is 12.2. The van der Waals surface area contributed by atoms with Crippen molar-refractivity contribution in [3.05, 3.63) is 63.6 Å². The van der Waals surface area contributed by atoms with Gasteiger partial charge >= 0.3 is 0 Å². The van der Waals surface area contributed by atoms with Crippen LogP contribution >= 0.6 is 23.2 Å². The monoisotopic (exact) mass is 541 g/mol. The van der Waals surface area contributed by atoms with Crippen LogP contribution in [0.2, 0.25) is 10.0 Å². The minimum absolute atomic E-state index is 0.0615. The van der Waals surface area contributed by atoms with E-state index in [1.54, 1.807) is 0 Å². The molecular formula is C25H33Cl2N3O4S. The van der Waals surface area contributed by atoms with Crippen LogP contribution in [0.3, 0.4) is 0 Å². The summed E-state index contributed by atoms with van der Waals surface area (Å²) in [5.41, 5.74) is 2.02. The summed E-state index contributed by atoms with van der Waals surface area (Å²) in [7, 11) is -3.87. The first-order chi connectivity index (χ1) is 16.3. The Kier molecular flexibility index (Phi) is 10.4. The fourth-order valence-corrected chi connectivity index (χ4v) is 5.01. The minimum Gasteiger partial charge on any atom is -0.352 e. The summed E-state index contributed by atoms with van der Waals surface area (Å²) in [6.07, 6.45) is 2.11. The quantitative estimate of drug-likeness (QED) is 0.443. The second kappa shape index (κ2) is 12.6. The molecule has 0 unspecified atom stereocenters. The summed E-state index contributed by atoms with van der Waals surface area (Å²) in [6.45, 7) is 7.27. The van der Waals surface area contributed by atoms with Gasteiger partial charge in [0.05, 0.1) is 11.9 Å². The number of carbonyl (C=O) groups excluding carboxylic acids is 2. The molecule has 35 heavy (non-hydrogen) atoms. The third-order valence-electron chi connectivity index (χ3n) is 5.64. The minimum atomic E-state index is -3.87. The first-order valence-electron chi connectivity index (χ1n) is 11.4. The number of rotatable bonds is 11. The van der Waals surface area contributed by atoms with Gasteiger partial charge in [-0.05, 0) is 50.5 Å². The molecular weight excluding hydrogens is 509 g/mol. The fourth-order valence-electron chi connectivity index (χ4n) is 3.66. The highest BCUT2D eigenvalue weighted by atomic mass is 35.5. The molecule has 0 heterocycles. The zero-order valence-electron chi connectivity index (χ0n) is 20.7. The Morgan fingerprint density at radius 1 is 1.03 bits per heavy atom. The van der Waals surface area contributed by atoms with Gasteiger partial charge in [0.15, 0.2) is 0 Å². The van der Waals surface area contributed by atoms with Crippen molar-refractivity contribution in [1.82, 2.24) is 10.2 Å². The van der Waals surface area contributed by atoms with E-state index in [0.29, 0.717) is 6.42 Å². The van der Waals surface area contributed by atoms with E-state index in [4.69, 9.17) is 23.2 Å². The van der Waals surface area contributed by atoms with Gasteiger partial charge in [0.1, 0.15) is 12.6 Å². The summed E-state index contributed by atoms with van der Waals surface area (Å²) in [4.78, 5) is 28.2. The summed E-state index contributed by atoms with van der Waals surface area (Å²) in [5, 5.41) is 3.42. The van der Waals surface area contributed by atoms with Crippen molar-refractivity contribution < 1.29 is 18.0 Å². The number of anilines is 1. The van der Waals surface area contributed by atoms with E-state index in [0.717, 1.165) is 28.1 Å². The highest BCUT2D eigenvalue weighted by Gasteiger charge is 2.32. The number of aryl methyl sites for hydroxylation is 1. The number of hydrogen-bond acceptors (Lipinski definition) is 4. The average Bonchev–Trinajstić information content (AvgIpc) is 2.75. The zero-order valence-corrected chi connectivity index (χ0v) is 23.0. The van der Waals surface area contributed by atoms with Crippen molar-refractivity contribution in [2.75, 3.05) is 17.1 Å². The molecule has 0 spiro atoms. The van der Waals surface area contributed by atoms with Crippen molar-refractivity contribution in [2.24, 2.45) is 0 Å². The fraction of sp³-hybridized carbons (Fsp3) is 0.440. The smallest absolute Gasteiger partial charge is 0.244 e. The SMILES string of the molecule is CC[C@H](C(=O)N[C@@H](C)CC)N(Cc1cccc(C)c1)C(=O)CN(c1cc(Cl)cc(Cl)c1)S(C)(=O)=O. The molecule has 0 bridgehead atoms. The van der Waals surface area contributed by atoms with E-state index < -0.39 is 28.5 Å². The molecule has 2 aromatic rings. The molecule has 10 heteroatoms.